The lowest BCUT2D eigenvalue weighted by atomic mass is 10.00. The average Bonchev–Trinajstić information content (AvgIpc) is 2.94. The van der Waals surface area contributed by atoms with Crippen LogP contribution in [0.1, 0.15) is 149 Å². The molecule has 5 N–H and O–H groups in total. The zero-order valence-electron chi connectivity index (χ0n) is 25.4. The van der Waals surface area contributed by atoms with Gasteiger partial charge in [0.1, 0.15) is 12.2 Å². The molecule has 4 unspecified atom stereocenters. The van der Waals surface area contributed by atoms with Crippen LogP contribution in [0.4, 0.5) is 0 Å². The molecule has 0 rings (SSSR count). The van der Waals surface area contributed by atoms with E-state index in [9.17, 15) is 25.2 Å². The molecule has 0 aliphatic heterocycles. The topological polar surface area (TPSA) is 110 Å². The predicted octanol–water partition coefficient (Wildman–Crippen LogP) is 6.89. The summed E-state index contributed by atoms with van der Waals surface area (Å²) < 4.78 is 0. The van der Waals surface area contributed by atoms with Crippen molar-refractivity contribution in [3.05, 3.63) is 24.3 Å². The molecule has 230 valence electrons. The van der Waals surface area contributed by atoms with Crippen molar-refractivity contribution < 1.29 is 25.2 Å². The Labute approximate surface area is 240 Å². The van der Waals surface area contributed by atoms with Crippen LogP contribution in [0.5, 0.6) is 0 Å². The Morgan fingerprint density at radius 1 is 0.615 bits per heavy atom. The van der Waals surface area contributed by atoms with Crippen LogP contribution in [0.3, 0.4) is 0 Å². The number of carbonyl (C=O) groups is 1. The number of aliphatic hydroxyl groups is 4. The van der Waals surface area contributed by atoms with E-state index >= 15 is 0 Å². The van der Waals surface area contributed by atoms with E-state index in [0.29, 0.717) is 12.8 Å². The van der Waals surface area contributed by atoms with Gasteiger partial charge in [-0.25, -0.2) is 0 Å². The van der Waals surface area contributed by atoms with Crippen molar-refractivity contribution in [2.75, 3.05) is 6.61 Å². The third-order valence-electron chi connectivity index (χ3n) is 7.38. The Hall–Kier alpha value is -1.21. The van der Waals surface area contributed by atoms with Crippen LogP contribution in [-0.2, 0) is 4.79 Å². The quantitative estimate of drug-likeness (QED) is 0.0535. The molecule has 4 atom stereocenters. The zero-order chi connectivity index (χ0) is 29.0. The van der Waals surface area contributed by atoms with Gasteiger partial charge >= 0.3 is 0 Å². The third kappa shape index (κ3) is 23.2. The smallest absolute Gasteiger partial charge is 0.249 e. The molecule has 0 bridgehead atoms. The van der Waals surface area contributed by atoms with E-state index in [2.05, 4.69) is 43.5 Å². The van der Waals surface area contributed by atoms with E-state index in [-0.39, 0.29) is 0 Å². The van der Waals surface area contributed by atoms with Crippen LogP contribution in [0, 0.1) is 0 Å². The molecule has 0 aliphatic rings. The summed E-state index contributed by atoms with van der Waals surface area (Å²) in [6.45, 7) is 3.95. The van der Waals surface area contributed by atoms with Crippen LogP contribution in [-0.4, -0.2) is 57.3 Å². The molecule has 0 aromatic carbocycles. The number of allylic oxidation sites excluding steroid dienone is 4. The lowest BCUT2D eigenvalue weighted by Gasteiger charge is -2.27. The molecule has 0 aromatic rings. The summed E-state index contributed by atoms with van der Waals surface area (Å²) in [4.78, 5) is 12.3. The highest BCUT2D eigenvalue weighted by atomic mass is 16.3. The number of carbonyl (C=O) groups excluding carboxylic acids is 1. The van der Waals surface area contributed by atoms with Crippen molar-refractivity contribution >= 4 is 5.91 Å². The van der Waals surface area contributed by atoms with Crippen LogP contribution in [0.25, 0.3) is 0 Å². The maximum Gasteiger partial charge on any atom is 0.249 e. The summed E-state index contributed by atoms with van der Waals surface area (Å²) >= 11 is 0. The number of amides is 1. The summed E-state index contributed by atoms with van der Waals surface area (Å²) in [5, 5.41) is 43.1. The van der Waals surface area contributed by atoms with Gasteiger partial charge in [-0.3, -0.25) is 4.79 Å². The van der Waals surface area contributed by atoms with Gasteiger partial charge in [0.2, 0.25) is 5.91 Å². The van der Waals surface area contributed by atoms with Crippen LogP contribution < -0.4 is 5.32 Å². The Balaban J connectivity index is 3.97. The summed E-state index contributed by atoms with van der Waals surface area (Å²) in [5.74, 6) is -0.608. The molecule has 1 amide bonds. The second kappa shape index (κ2) is 28.3. The van der Waals surface area contributed by atoms with E-state index in [4.69, 9.17) is 0 Å². The Kier molecular flexibility index (Phi) is 27.4. The minimum atomic E-state index is -1.28. The number of aliphatic hydroxyl groups excluding tert-OH is 4. The second-order valence-corrected chi connectivity index (χ2v) is 11.1. The molecule has 0 spiro atoms. The lowest BCUT2D eigenvalue weighted by molar-refractivity contribution is -0.132. The first-order valence-electron chi connectivity index (χ1n) is 16.2. The fourth-order valence-electron chi connectivity index (χ4n) is 4.69. The molecule has 0 aliphatic carbocycles. The molecular formula is C33H63NO5. The fourth-order valence-corrected chi connectivity index (χ4v) is 4.69. The monoisotopic (exact) mass is 553 g/mol. The van der Waals surface area contributed by atoms with Crippen molar-refractivity contribution in [3.8, 4) is 0 Å². The normalized spacial score (nSPS) is 15.1. The largest absolute Gasteiger partial charge is 0.394 e. The van der Waals surface area contributed by atoms with Gasteiger partial charge in [-0.2, -0.15) is 0 Å². The predicted molar refractivity (Wildman–Crippen MR) is 164 cm³/mol. The highest BCUT2D eigenvalue weighted by molar-refractivity contribution is 5.80. The fraction of sp³-hybridized carbons (Fsp3) is 0.848. The highest BCUT2D eigenvalue weighted by Crippen LogP contribution is 2.13. The summed E-state index contributed by atoms with van der Waals surface area (Å²) in [6, 6.07) is -1.00. The first-order valence-corrected chi connectivity index (χ1v) is 16.2. The van der Waals surface area contributed by atoms with Crippen molar-refractivity contribution in [1.82, 2.24) is 5.32 Å². The summed E-state index contributed by atoms with van der Waals surface area (Å²) in [5.41, 5.74) is 0. The van der Waals surface area contributed by atoms with Gasteiger partial charge in [0, 0.05) is 0 Å². The Morgan fingerprint density at radius 3 is 1.59 bits per heavy atom. The van der Waals surface area contributed by atoms with E-state index in [1.807, 2.05) is 0 Å². The highest BCUT2D eigenvalue weighted by Gasteiger charge is 2.28. The van der Waals surface area contributed by atoms with Crippen molar-refractivity contribution in [3.63, 3.8) is 0 Å². The molecule has 6 heteroatoms. The molecular weight excluding hydrogens is 490 g/mol. The number of rotatable bonds is 28. The molecule has 6 nitrogen and oxygen atoms in total. The maximum atomic E-state index is 12.3. The van der Waals surface area contributed by atoms with Gasteiger partial charge in [0.15, 0.2) is 0 Å². The number of hydrogen-bond acceptors (Lipinski definition) is 5. The van der Waals surface area contributed by atoms with Crippen molar-refractivity contribution in [1.29, 1.82) is 0 Å². The van der Waals surface area contributed by atoms with Gasteiger partial charge < -0.3 is 25.7 Å². The van der Waals surface area contributed by atoms with Gasteiger partial charge in [0.25, 0.3) is 0 Å². The standard InChI is InChI=1S/C33H63NO5/c1-3-5-7-9-11-13-15-17-18-20-22-24-26-30(36)32(38)29(28-35)34-33(39)31(37)27-25-23-21-19-16-14-12-10-8-6-4-2/h12,14,18,20,29-32,35-38H,3-11,13,15-17,19,21-28H2,1-2H3,(H,34,39)/b14-12-,20-18+. The van der Waals surface area contributed by atoms with E-state index in [1.165, 1.54) is 64.2 Å². The SMILES string of the molecule is CCCCC/C=C\CCCCCCC(O)C(=O)NC(CO)C(O)C(O)CCC/C=C/CCCCCCCCC. The number of nitrogens with one attached hydrogen (secondary N) is 1. The molecule has 0 radical (unpaired) electrons. The number of unbranched alkanes of at least 4 members (excludes halogenated alkanes) is 15. The Bertz CT molecular complexity index is 595. The molecule has 0 saturated heterocycles. The first kappa shape index (κ1) is 37.8. The van der Waals surface area contributed by atoms with Crippen molar-refractivity contribution in [2.24, 2.45) is 0 Å². The van der Waals surface area contributed by atoms with E-state index < -0.39 is 36.9 Å². The molecule has 0 saturated carbocycles. The molecule has 0 aromatic heterocycles. The summed E-state index contributed by atoms with van der Waals surface area (Å²) in [7, 11) is 0. The third-order valence-corrected chi connectivity index (χ3v) is 7.38. The number of hydrogen-bond donors (Lipinski definition) is 5. The van der Waals surface area contributed by atoms with Gasteiger partial charge in [-0.05, 0) is 64.2 Å². The second-order valence-electron chi connectivity index (χ2n) is 11.1. The van der Waals surface area contributed by atoms with Gasteiger partial charge in [-0.1, -0.05) is 109 Å². The molecule has 0 fully saturated rings. The first-order chi connectivity index (χ1) is 19.0. The van der Waals surface area contributed by atoms with Crippen molar-refractivity contribution in [2.45, 2.75) is 173 Å². The van der Waals surface area contributed by atoms with E-state index in [1.54, 1.807) is 0 Å². The maximum absolute atomic E-state index is 12.3. The lowest BCUT2D eigenvalue weighted by Crippen LogP contribution is -2.53. The van der Waals surface area contributed by atoms with E-state index in [0.717, 1.165) is 57.8 Å². The van der Waals surface area contributed by atoms with Gasteiger partial charge in [0.05, 0.1) is 18.8 Å². The van der Waals surface area contributed by atoms with Gasteiger partial charge in [-0.15, -0.1) is 0 Å². The van der Waals surface area contributed by atoms with Crippen LogP contribution in [0.2, 0.25) is 0 Å². The molecule has 39 heavy (non-hydrogen) atoms. The minimum absolute atomic E-state index is 0.348. The molecule has 0 heterocycles. The summed E-state index contributed by atoms with van der Waals surface area (Å²) in [6.07, 6.45) is 27.7. The minimum Gasteiger partial charge on any atom is -0.394 e. The van der Waals surface area contributed by atoms with Crippen LogP contribution in [0.15, 0.2) is 24.3 Å². The average molecular weight is 554 g/mol. The zero-order valence-corrected chi connectivity index (χ0v) is 25.4. The Morgan fingerprint density at radius 2 is 1.05 bits per heavy atom. The van der Waals surface area contributed by atoms with Crippen LogP contribution >= 0.6 is 0 Å².